The number of nitrogens with zero attached hydrogens (tertiary/aromatic N) is 1. The minimum atomic E-state index is -1.00. The first-order valence-electron chi connectivity index (χ1n) is 6.96. The van der Waals surface area contributed by atoms with Crippen LogP contribution >= 0.6 is 0 Å². The Morgan fingerprint density at radius 3 is 2.70 bits per heavy atom. The summed E-state index contributed by atoms with van der Waals surface area (Å²) in [6.45, 7) is 1.68. The second kappa shape index (κ2) is 9.04. The van der Waals surface area contributed by atoms with Crippen molar-refractivity contribution in [3.8, 4) is 6.07 Å². The minimum absolute atomic E-state index is 0.0483. The first-order valence-corrected chi connectivity index (χ1v) is 6.96. The Labute approximate surface area is 133 Å². The molecule has 0 aliphatic heterocycles. The molecule has 0 spiro atoms. The van der Waals surface area contributed by atoms with Crippen molar-refractivity contribution in [1.82, 2.24) is 5.32 Å². The molecule has 0 unspecified atom stereocenters. The quantitative estimate of drug-likeness (QED) is 0.506. The van der Waals surface area contributed by atoms with Gasteiger partial charge in [0.05, 0.1) is 11.3 Å². The molecule has 1 aromatic rings. The largest absolute Gasteiger partial charge is 0.453 e. The van der Waals surface area contributed by atoms with Crippen LogP contribution in [0.25, 0.3) is 0 Å². The Balaban J connectivity index is 2.43. The van der Waals surface area contributed by atoms with Crippen LogP contribution in [-0.4, -0.2) is 30.6 Å². The lowest BCUT2D eigenvalue weighted by Crippen LogP contribution is -2.32. The van der Waals surface area contributed by atoms with E-state index in [0.29, 0.717) is 17.7 Å². The Kier molecular flexibility index (Phi) is 7.07. The number of nitriles is 1. The molecule has 4 N–H and O–H groups in total. The van der Waals surface area contributed by atoms with Gasteiger partial charge in [-0.05, 0) is 25.5 Å². The van der Waals surface area contributed by atoms with Gasteiger partial charge < -0.3 is 21.1 Å². The number of hydrogen-bond acceptors (Lipinski definition) is 5. The number of urea groups is 1. The highest BCUT2D eigenvalue weighted by Gasteiger charge is 2.18. The summed E-state index contributed by atoms with van der Waals surface area (Å²) >= 11 is 0. The number of esters is 1. The molecule has 0 saturated carbocycles. The maximum absolute atomic E-state index is 12.0. The molecular weight excluding hydrogens is 300 g/mol. The summed E-state index contributed by atoms with van der Waals surface area (Å²) in [4.78, 5) is 34.0. The Hall–Kier alpha value is -3.08. The highest BCUT2D eigenvalue weighted by atomic mass is 16.5. The molecule has 0 saturated heterocycles. The summed E-state index contributed by atoms with van der Waals surface area (Å²) in [7, 11) is 0. The van der Waals surface area contributed by atoms with E-state index < -0.39 is 24.0 Å². The van der Waals surface area contributed by atoms with Gasteiger partial charge in [0, 0.05) is 13.0 Å². The van der Waals surface area contributed by atoms with Crippen LogP contribution in [0.4, 0.5) is 10.5 Å². The molecule has 3 amide bonds. The molecule has 1 aromatic carbocycles. The molecule has 0 bridgehead atoms. The molecule has 122 valence electrons. The average molecular weight is 318 g/mol. The lowest BCUT2D eigenvalue weighted by Gasteiger charge is -2.14. The van der Waals surface area contributed by atoms with Gasteiger partial charge in [0.25, 0.3) is 5.91 Å². The maximum atomic E-state index is 12.0. The molecule has 0 aliphatic carbocycles. The summed E-state index contributed by atoms with van der Waals surface area (Å²) in [5.74, 6) is -1.09. The summed E-state index contributed by atoms with van der Waals surface area (Å²) in [5, 5.41) is 13.8. The van der Waals surface area contributed by atoms with Gasteiger partial charge in [0.15, 0.2) is 6.10 Å². The Morgan fingerprint density at radius 2 is 2.04 bits per heavy atom. The maximum Gasteiger partial charge on any atom is 0.312 e. The zero-order chi connectivity index (χ0) is 17.2. The second-order valence-electron chi connectivity index (χ2n) is 4.67. The predicted octanol–water partition coefficient (Wildman–Crippen LogP) is 0.877. The first-order chi connectivity index (χ1) is 10.9. The van der Waals surface area contributed by atoms with Crippen molar-refractivity contribution in [1.29, 1.82) is 5.26 Å². The number of benzene rings is 1. The smallest absolute Gasteiger partial charge is 0.312 e. The summed E-state index contributed by atoms with van der Waals surface area (Å²) < 4.78 is 4.99. The Morgan fingerprint density at radius 1 is 1.35 bits per heavy atom. The van der Waals surface area contributed by atoms with Crippen molar-refractivity contribution in [3.63, 3.8) is 0 Å². The SMILES string of the molecule is C[C@H](OC(=O)CCCNC(N)=O)C(=O)Nc1ccccc1C#N. The number of carbonyl (C=O) groups excluding carboxylic acids is 3. The molecular formula is C15H18N4O4. The third kappa shape index (κ3) is 6.48. The van der Waals surface area contributed by atoms with Gasteiger partial charge in [-0.3, -0.25) is 9.59 Å². The normalized spacial score (nSPS) is 11.0. The molecule has 0 radical (unpaired) electrons. The van der Waals surface area contributed by atoms with Crippen molar-refractivity contribution >= 4 is 23.6 Å². The third-order valence-electron chi connectivity index (χ3n) is 2.84. The number of ether oxygens (including phenoxy) is 1. The fourth-order valence-electron chi connectivity index (χ4n) is 1.68. The van der Waals surface area contributed by atoms with Gasteiger partial charge in [-0.1, -0.05) is 12.1 Å². The van der Waals surface area contributed by atoms with Crippen molar-refractivity contribution in [3.05, 3.63) is 29.8 Å². The van der Waals surface area contributed by atoms with Gasteiger partial charge >= 0.3 is 12.0 Å². The van der Waals surface area contributed by atoms with E-state index in [1.807, 2.05) is 6.07 Å². The summed E-state index contributed by atoms with van der Waals surface area (Å²) in [6.07, 6.45) is -0.599. The highest BCUT2D eigenvalue weighted by Crippen LogP contribution is 2.14. The van der Waals surface area contributed by atoms with Gasteiger partial charge in [-0.15, -0.1) is 0 Å². The lowest BCUT2D eigenvalue weighted by molar-refractivity contribution is -0.153. The van der Waals surface area contributed by atoms with Crippen LogP contribution in [0.2, 0.25) is 0 Å². The average Bonchev–Trinajstić information content (AvgIpc) is 2.51. The van der Waals surface area contributed by atoms with E-state index in [1.165, 1.54) is 6.92 Å². The third-order valence-corrected chi connectivity index (χ3v) is 2.84. The zero-order valence-electron chi connectivity index (χ0n) is 12.7. The van der Waals surface area contributed by atoms with Crippen molar-refractivity contribution in [2.75, 3.05) is 11.9 Å². The molecule has 0 aliphatic rings. The highest BCUT2D eigenvalue weighted by molar-refractivity contribution is 5.96. The number of carbonyl (C=O) groups is 3. The molecule has 0 aromatic heterocycles. The van der Waals surface area contributed by atoms with Gasteiger partial charge in [-0.25, -0.2) is 4.79 Å². The number of rotatable bonds is 7. The number of hydrogen-bond donors (Lipinski definition) is 3. The number of amides is 3. The van der Waals surface area contributed by atoms with Gasteiger partial charge in [0.1, 0.15) is 6.07 Å². The van der Waals surface area contributed by atoms with Crippen molar-refractivity contribution in [2.45, 2.75) is 25.9 Å². The molecule has 0 heterocycles. The first kappa shape index (κ1) is 18.0. The number of nitrogens with two attached hydrogens (primary N) is 1. The zero-order valence-corrected chi connectivity index (χ0v) is 12.7. The fourth-order valence-corrected chi connectivity index (χ4v) is 1.68. The van der Waals surface area contributed by atoms with Crippen LogP contribution in [0.5, 0.6) is 0 Å². The molecule has 1 rings (SSSR count). The van der Waals surface area contributed by atoms with Gasteiger partial charge in [0.2, 0.25) is 0 Å². The van der Waals surface area contributed by atoms with E-state index in [-0.39, 0.29) is 13.0 Å². The van der Waals surface area contributed by atoms with E-state index in [0.717, 1.165) is 0 Å². The fraction of sp³-hybridized carbons (Fsp3) is 0.333. The topological polar surface area (TPSA) is 134 Å². The molecule has 8 heteroatoms. The van der Waals surface area contributed by atoms with E-state index in [1.54, 1.807) is 24.3 Å². The van der Waals surface area contributed by atoms with Crippen LogP contribution in [0.15, 0.2) is 24.3 Å². The van der Waals surface area contributed by atoms with E-state index >= 15 is 0 Å². The van der Waals surface area contributed by atoms with Crippen molar-refractivity contribution < 1.29 is 19.1 Å². The van der Waals surface area contributed by atoms with Crippen LogP contribution in [0.1, 0.15) is 25.3 Å². The van der Waals surface area contributed by atoms with Crippen molar-refractivity contribution in [2.24, 2.45) is 5.73 Å². The number of nitrogens with one attached hydrogen (secondary N) is 2. The van der Waals surface area contributed by atoms with Crippen LogP contribution in [-0.2, 0) is 14.3 Å². The number of primary amides is 1. The molecule has 1 atom stereocenters. The second-order valence-corrected chi connectivity index (χ2v) is 4.67. The number of anilines is 1. The van der Waals surface area contributed by atoms with Crippen LogP contribution in [0, 0.1) is 11.3 Å². The predicted molar refractivity (Wildman–Crippen MR) is 82.2 cm³/mol. The monoisotopic (exact) mass is 318 g/mol. The Bertz CT molecular complexity index is 624. The van der Waals surface area contributed by atoms with Crippen LogP contribution in [0.3, 0.4) is 0 Å². The lowest BCUT2D eigenvalue weighted by atomic mass is 10.2. The minimum Gasteiger partial charge on any atom is -0.453 e. The van der Waals surface area contributed by atoms with E-state index in [9.17, 15) is 14.4 Å². The molecule has 23 heavy (non-hydrogen) atoms. The summed E-state index contributed by atoms with van der Waals surface area (Å²) in [5.41, 5.74) is 5.56. The van der Waals surface area contributed by atoms with E-state index in [4.69, 9.17) is 15.7 Å². The molecule has 8 nitrogen and oxygen atoms in total. The molecule has 0 fully saturated rings. The summed E-state index contributed by atoms with van der Waals surface area (Å²) in [6, 6.07) is 7.80. The van der Waals surface area contributed by atoms with Gasteiger partial charge in [-0.2, -0.15) is 5.26 Å². The number of para-hydroxylation sites is 1. The van der Waals surface area contributed by atoms with Crippen LogP contribution < -0.4 is 16.4 Å². The standard InChI is InChI=1S/C15H18N4O4/c1-10(23-13(20)7-4-8-18-15(17)22)14(21)19-12-6-3-2-5-11(12)9-16/h2-3,5-6,10H,4,7-8H2,1H3,(H,19,21)(H3,17,18,22)/t10-/m0/s1. The van der Waals surface area contributed by atoms with E-state index in [2.05, 4.69) is 10.6 Å².